The number of hydrogen-bond acceptors (Lipinski definition) is 5. The summed E-state index contributed by atoms with van der Waals surface area (Å²) in [6.07, 6.45) is -0.0176. The molecule has 2 aromatic carbocycles. The van der Waals surface area contributed by atoms with Crippen LogP contribution in [-0.4, -0.2) is 22.2 Å². The Labute approximate surface area is 156 Å². The van der Waals surface area contributed by atoms with Crippen molar-refractivity contribution in [3.05, 3.63) is 72.2 Å². The van der Waals surface area contributed by atoms with Crippen LogP contribution < -0.4 is 15.4 Å². The highest BCUT2D eigenvalue weighted by molar-refractivity contribution is 6.03. The first-order valence-corrected chi connectivity index (χ1v) is 8.44. The summed E-state index contributed by atoms with van der Waals surface area (Å²) >= 11 is 0. The summed E-state index contributed by atoms with van der Waals surface area (Å²) < 4.78 is 18.9. The molecule has 1 amide bonds. The molecule has 0 fully saturated rings. The van der Waals surface area contributed by atoms with E-state index >= 15 is 0 Å². The molecule has 138 valence electrons. The third-order valence-electron chi connectivity index (χ3n) is 3.49. The average molecular weight is 366 g/mol. The van der Waals surface area contributed by atoms with Crippen molar-refractivity contribution in [1.82, 2.24) is 10.2 Å². The van der Waals surface area contributed by atoms with Gasteiger partial charge in [0.25, 0.3) is 5.91 Å². The first-order valence-electron chi connectivity index (χ1n) is 8.44. The van der Waals surface area contributed by atoms with Crippen LogP contribution in [0.4, 0.5) is 21.6 Å². The van der Waals surface area contributed by atoms with Crippen LogP contribution in [0.15, 0.2) is 60.7 Å². The summed E-state index contributed by atoms with van der Waals surface area (Å²) in [4.78, 5) is 12.4. The number of carbonyl (C=O) groups is 1. The number of halogens is 1. The lowest BCUT2D eigenvalue weighted by molar-refractivity contribution is 0.102. The molecule has 1 heterocycles. The lowest BCUT2D eigenvalue weighted by Gasteiger charge is -2.14. The van der Waals surface area contributed by atoms with Crippen molar-refractivity contribution in [3.8, 4) is 5.75 Å². The minimum absolute atomic E-state index is 0.0176. The molecular weight excluding hydrogens is 347 g/mol. The highest BCUT2D eigenvalue weighted by Crippen LogP contribution is 2.25. The highest BCUT2D eigenvalue weighted by atomic mass is 19.1. The molecule has 0 atom stereocenters. The van der Waals surface area contributed by atoms with Crippen molar-refractivity contribution >= 4 is 23.1 Å². The van der Waals surface area contributed by atoms with E-state index in [0.717, 1.165) is 0 Å². The third-order valence-corrected chi connectivity index (χ3v) is 3.49. The van der Waals surface area contributed by atoms with E-state index in [4.69, 9.17) is 4.74 Å². The molecule has 0 saturated carbocycles. The second-order valence-electron chi connectivity index (χ2n) is 6.06. The fourth-order valence-corrected chi connectivity index (χ4v) is 2.35. The SMILES string of the molecule is CC(C)Oc1ccccc1NC(=O)c1ccc(Nc2cccc(F)c2)nn1. The minimum atomic E-state index is -0.403. The number of hydrogen-bond donors (Lipinski definition) is 2. The highest BCUT2D eigenvalue weighted by Gasteiger charge is 2.12. The number of amides is 1. The topological polar surface area (TPSA) is 76.1 Å². The normalized spacial score (nSPS) is 10.5. The predicted octanol–water partition coefficient (Wildman–Crippen LogP) is 4.40. The molecule has 0 aliphatic rings. The van der Waals surface area contributed by atoms with Crippen molar-refractivity contribution in [2.75, 3.05) is 10.6 Å². The number of ether oxygens (including phenoxy) is 1. The summed E-state index contributed by atoms with van der Waals surface area (Å²) in [5.74, 6) is 0.227. The van der Waals surface area contributed by atoms with Crippen LogP contribution in [0.5, 0.6) is 5.75 Å². The van der Waals surface area contributed by atoms with Crippen LogP contribution in [0.1, 0.15) is 24.3 Å². The molecule has 0 aliphatic heterocycles. The van der Waals surface area contributed by atoms with E-state index in [-0.39, 0.29) is 17.6 Å². The van der Waals surface area contributed by atoms with Crippen LogP contribution in [0, 0.1) is 5.82 Å². The smallest absolute Gasteiger partial charge is 0.276 e. The maximum atomic E-state index is 13.2. The van der Waals surface area contributed by atoms with Crippen LogP contribution in [-0.2, 0) is 0 Å². The lowest BCUT2D eigenvalue weighted by atomic mass is 10.2. The summed E-state index contributed by atoms with van der Waals surface area (Å²) in [6, 6.07) is 16.3. The number of benzene rings is 2. The Morgan fingerprint density at radius 3 is 2.56 bits per heavy atom. The molecular formula is C20H19FN4O2. The Morgan fingerprint density at radius 2 is 1.85 bits per heavy atom. The first-order chi connectivity index (χ1) is 13.0. The van der Waals surface area contributed by atoms with Gasteiger partial charge in [-0.05, 0) is 56.3 Å². The molecule has 0 aliphatic carbocycles. The number of para-hydroxylation sites is 2. The van der Waals surface area contributed by atoms with Crippen LogP contribution in [0.3, 0.4) is 0 Å². The standard InChI is InChI=1S/C20H19FN4O2/c1-13(2)27-18-9-4-3-8-16(18)23-20(26)17-10-11-19(25-24-17)22-15-7-5-6-14(21)12-15/h3-13H,1-2H3,(H,22,25)(H,23,26). The van der Waals surface area contributed by atoms with Gasteiger partial charge in [-0.15, -0.1) is 10.2 Å². The zero-order valence-corrected chi connectivity index (χ0v) is 14.9. The second kappa shape index (κ2) is 8.27. The van der Waals surface area contributed by atoms with Crippen LogP contribution in [0.2, 0.25) is 0 Å². The van der Waals surface area contributed by atoms with Gasteiger partial charge < -0.3 is 15.4 Å². The summed E-state index contributed by atoms with van der Waals surface area (Å²) in [5.41, 5.74) is 1.25. The molecule has 0 bridgehead atoms. The van der Waals surface area contributed by atoms with Gasteiger partial charge in [0.2, 0.25) is 0 Å². The van der Waals surface area contributed by atoms with Gasteiger partial charge in [-0.3, -0.25) is 4.79 Å². The largest absolute Gasteiger partial charge is 0.489 e. The van der Waals surface area contributed by atoms with E-state index in [9.17, 15) is 9.18 Å². The quantitative estimate of drug-likeness (QED) is 0.676. The van der Waals surface area contributed by atoms with Gasteiger partial charge in [-0.25, -0.2) is 4.39 Å². The summed E-state index contributed by atoms with van der Waals surface area (Å²) in [5, 5.41) is 13.6. The Morgan fingerprint density at radius 1 is 1.04 bits per heavy atom. The molecule has 0 radical (unpaired) electrons. The van der Waals surface area contributed by atoms with E-state index in [0.29, 0.717) is 22.9 Å². The number of nitrogens with zero attached hydrogens (tertiary/aromatic N) is 2. The maximum Gasteiger partial charge on any atom is 0.276 e. The monoisotopic (exact) mass is 366 g/mol. The van der Waals surface area contributed by atoms with E-state index in [1.54, 1.807) is 36.4 Å². The predicted molar refractivity (Wildman–Crippen MR) is 102 cm³/mol. The van der Waals surface area contributed by atoms with Gasteiger partial charge in [0, 0.05) is 5.69 Å². The molecule has 3 aromatic rings. The van der Waals surface area contributed by atoms with Crippen LogP contribution >= 0.6 is 0 Å². The number of carbonyl (C=O) groups excluding carboxylic acids is 1. The van der Waals surface area contributed by atoms with Crippen molar-refractivity contribution in [2.24, 2.45) is 0 Å². The third kappa shape index (κ3) is 5.01. The molecule has 0 unspecified atom stereocenters. The summed E-state index contributed by atoms with van der Waals surface area (Å²) in [6.45, 7) is 3.82. The Bertz CT molecular complexity index is 929. The second-order valence-corrected chi connectivity index (χ2v) is 6.06. The summed E-state index contributed by atoms with van der Waals surface area (Å²) in [7, 11) is 0. The average Bonchev–Trinajstić information content (AvgIpc) is 2.63. The van der Waals surface area contributed by atoms with Gasteiger partial charge in [-0.2, -0.15) is 0 Å². The van der Waals surface area contributed by atoms with Gasteiger partial charge in [-0.1, -0.05) is 18.2 Å². The first kappa shape index (κ1) is 18.3. The maximum absolute atomic E-state index is 13.2. The number of nitrogens with one attached hydrogen (secondary N) is 2. The molecule has 0 spiro atoms. The Balaban J connectivity index is 1.69. The number of rotatable bonds is 6. The van der Waals surface area contributed by atoms with Crippen molar-refractivity contribution in [2.45, 2.75) is 20.0 Å². The van der Waals surface area contributed by atoms with Crippen molar-refractivity contribution in [1.29, 1.82) is 0 Å². The molecule has 6 nitrogen and oxygen atoms in total. The van der Waals surface area contributed by atoms with E-state index in [2.05, 4.69) is 20.8 Å². The van der Waals surface area contributed by atoms with Crippen molar-refractivity contribution in [3.63, 3.8) is 0 Å². The number of anilines is 3. The van der Waals surface area contributed by atoms with Gasteiger partial charge in [0.15, 0.2) is 11.5 Å². The van der Waals surface area contributed by atoms with E-state index in [1.165, 1.54) is 18.2 Å². The van der Waals surface area contributed by atoms with Gasteiger partial charge >= 0.3 is 0 Å². The minimum Gasteiger partial charge on any atom is -0.489 e. The van der Waals surface area contributed by atoms with Crippen molar-refractivity contribution < 1.29 is 13.9 Å². The Kier molecular flexibility index (Phi) is 5.61. The molecule has 1 aromatic heterocycles. The fourth-order valence-electron chi connectivity index (χ4n) is 2.35. The lowest BCUT2D eigenvalue weighted by Crippen LogP contribution is -2.16. The van der Waals surface area contributed by atoms with Gasteiger partial charge in [0.1, 0.15) is 11.6 Å². The number of aromatic nitrogens is 2. The van der Waals surface area contributed by atoms with Gasteiger partial charge in [0.05, 0.1) is 11.8 Å². The van der Waals surface area contributed by atoms with E-state index in [1.807, 2.05) is 19.9 Å². The zero-order valence-electron chi connectivity index (χ0n) is 14.9. The Hall–Kier alpha value is -3.48. The van der Waals surface area contributed by atoms with Crippen LogP contribution in [0.25, 0.3) is 0 Å². The molecule has 2 N–H and O–H groups in total. The molecule has 3 rings (SSSR count). The zero-order chi connectivity index (χ0) is 19.2. The van der Waals surface area contributed by atoms with E-state index < -0.39 is 5.91 Å². The molecule has 7 heteroatoms. The molecule has 0 saturated heterocycles. The fraction of sp³-hybridized carbons (Fsp3) is 0.150. The molecule has 27 heavy (non-hydrogen) atoms.